The average Bonchev–Trinajstić information content (AvgIpc) is 3.29. The van der Waals surface area contributed by atoms with E-state index in [0.29, 0.717) is 58.8 Å². The fourth-order valence-corrected chi connectivity index (χ4v) is 6.61. The van der Waals surface area contributed by atoms with Gasteiger partial charge in [0.15, 0.2) is 10.7 Å². The summed E-state index contributed by atoms with van der Waals surface area (Å²) in [6.07, 6.45) is 5.71. The summed E-state index contributed by atoms with van der Waals surface area (Å²) in [5, 5.41) is -0.156. The molecule has 4 aromatic heterocycles. The molecule has 5 heterocycles. The van der Waals surface area contributed by atoms with Crippen LogP contribution in [-0.2, 0) is 16.4 Å². The molecule has 2 aliphatic rings. The Kier molecular flexibility index (Phi) is 6.26. The van der Waals surface area contributed by atoms with Gasteiger partial charge in [-0.15, -0.1) is 11.3 Å². The third-order valence-electron chi connectivity index (χ3n) is 6.50. The summed E-state index contributed by atoms with van der Waals surface area (Å²) in [5.74, 6) is -0.285. The van der Waals surface area contributed by atoms with Crippen molar-refractivity contribution in [1.82, 2.24) is 34.8 Å². The Hall–Kier alpha value is -3.59. The minimum Gasteiger partial charge on any atom is -0.345 e. The van der Waals surface area contributed by atoms with Gasteiger partial charge in [-0.1, -0.05) is 0 Å². The summed E-state index contributed by atoms with van der Waals surface area (Å²) in [4.78, 5) is 40.0. The predicted molar refractivity (Wildman–Crippen MR) is 135 cm³/mol. The molecule has 1 atom stereocenters. The highest BCUT2D eigenvalue weighted by Crippen LogP contribution is 2.35. The monoisotopic (exact) mass is 560 g/mol. The van der Waals surface area contributed by atoms with Crippen LogP contribution in [0.5, 0.6) is 0 Å². The number of likely N-dealkylation sites (tertiary alicyclic amines) is 1. The second-order valence-electron chi connectivity index (χ2n) is 9.20. The Bertz CT molecular complexity index is 1620. The quantitative estimate of drug-likeness (QED) is 0.333. The van der Waals surface area contributed by atoms with Crippen LogP contribution >= 0.6 is 11.3 Å². The van der Waals surface area contributed by atoms with Gasteiger partial charge in [-0.2, -0.15) is 0 Å². The number of alkyl halides is 2. The number of aromatic amines is 1. The predicted octanol–water partition coefficient (Wildman–Crippen LogP) is 3.56. The summed E-state index contributed by atoms with van der Waals surface area (Å²) in [5.41, 5.74) is 2.13. The number of amides is 1. The molecular weight excluding hydrogens is 538 g/mol. The van der Waals surface area contributed by atoms with Crippen LogP contribution in [0.15, 0.2) is 30.9 Å². The van der Waals surface area contributed by atoms with Crippen LogP contribution < -0.4 is 4.72 Å². The second-order valence-corrected chi connectivity index (χ2v) is 12.2. The van der Waals surface area contributed by atoms with E-state index in [1.807, 2.05) is 0 Å². The topological polar surface area (TPSA) is 147 Å². The van der Waals surface area contributed by atoms with Crippen molar-refractivity contribution >= 4 is 44.4 Å². The van der Waals surface area contributed by atoms with Crippen LogP contribution in [0.25, 0.3) is 21.7 Å². The van der Waals surface area contributed by atoms with Gasteiger partial charge in [0.05, 0.1) is 28.1 Å². The number of halogens is 2. The fraction of sp³-hybridized carbons (Fsp3) is 0.391. The van der Waals surface area contributed by atoms with Crippen molar-refractivity contribution in [1.29, 1.82) is 0 Å². The van der Waals surface area contributed by atoms with E-state index in [4.69, 9.17) is 0 Å². The third kappa shape index (κ3) is 4.82. The lowest BCUT2D eigenvalue weighted by Gasteiger charge is -2.23. The Morgan fingerprint density at radius 1 is 1.18 bits per heavy atom. The van der Waals surface area contributed by atoms with Crippen molar-refractivity contribution in [3.63, 3.8) is 0 Å². The summed E-state index contributed by atoms with van der Waals surface area (Å²) in [7, 11) is -3.51. The van der Waals surface area contributed by atoms with Gasteiger partial charge in [-0.25, -0.2) is 42.1 Å². The van der Waals surface area contributed by atoms with Gasteiger partial charge in [-0.05, 0) is 31.7 Å². The molecule has 0 bridgehead atoms. The number of hydrogen-bond donors (Lipinski definition) is 2. The van der Waals surface area contributed by atoms with Crippen LogP contribution in [-0.4, -0.2) is 67.3 Å². The molecule has 1 saturated carbocycles. The number of H-pyrrole nitrogens is 1. The molecule has 38 heavy (non-hydrogen) atoms. The molecule has 198 valence electrons. The van der Waals surface area contributed by atoms with Gasteiger partial charge in [-0.3, -0.25) is 9.52 Å². The highest BCUT2D eigenvalue weighted by Gasteiger charge is 2.37. The molecule has 1 amide bonds. The Labute approximate surface area is 219 Å². The summed E-state index contributed by atoms with van der Waals surface area (Å²) in [6, 6.07) is 1.33. The zero-order valence-electron chi connectivity index (χ0n) is 19.8. The lowest BCUT2D eigenvalue weighted by atomic mass is 10.1. The maximum atomic E-state index is 13.4. The molecule has 2 fully saturated rings. The molecule has 1 unspecified atom stereocenters. The maximum absolute atomic E-state index is 13.4. The first-order chi connectivity index (χ1) is 18.3. The molecule has 11 nitrogen and oxygen atoms in total. The second kappa shape index (κ2) is 9.62. The van der Waals surface area contributed by atoms with Gasteiger partial charge in [0, 0.05) is 37.1 Å². The smallest absolute Gasteiger partial charge is 0.283 e. The normalized spacial score (nSPS) is 18.0. The van der Waals surface area contributed by atoms with E-state index >= 15 is 0 Å². The van der Waals surface area contributed by atoms with Crippen LogP contribution in [0, 0.1) is 0 Å². The number of carbonyl (C=O) groups excluding carboxylic acids is 1. The zero-order chi connectivity index (χ0) is 26.4. The molecule has 1 saturated heterocycles. The van der Waals surface area contributed by atoms with E-state index in [1.165, 1.54) is 24.8 Å². The minimum absolute atomic E-state index is 0.00447. The van der Waals surface area contributed by atoms with Gasteiger partial charge < -0.3 is 9.88 Å². The lowest BCUT2D eigenvalue weighted by molar-refractivity contribution is 0.0732. The van der Waals surface area contributed by atoms with Gasteiger partial charge in [0.25, 0.3) is 5.91 Å². The largest absolute Gasteiger partial charge is 0.345 e. The number of nitrogens with zero attached hydrogens (tertiary/aromatic N) is 6. The van der Waals surface area contributed by atoms with Crippen molar-refractivity contribution in [2.75, 3.05) is 11.3 Å². The number of nitrogens with one attached hydrogen (secondary N) is 2. The Balaban J connectivity index is 1.22. The molecule has 0 spiro atoms. The van der Waals surface area contributed by atoms with E-state index in [1.54, 1.807) is 11.0 Å². The summed E-state index contributed by atoms with van der Waals surface area (Å²) in [6.45, 7) is 0.498. The van der Waals surface area contributed by atoms with Crippen LogP contribution in [0.2, 0.25) is 0 Å². The van der Waals surface area contributed by atoms with E-state index in [0.717, 1.165) is 17.8 Å². The van der Waals surface area contributed by atoms with Crippen molar-refractivity contribution in [3.05, 3.63) is 47.1 Å². The van der Waals surface area contributed by atoms with Gasteiger partial charge in [0.1, 0.15) is 11.2 Å². The summed E-state index contributed by atoms with van der Waals surface area (Å²) < 4.78 is 52.9. The Morgan fingerprint density at radius 3 is 2.82 bits per heavy atom. The summed E-state index contributed by atoms with van der Waals surface area (Å²) >= 11 is 1.14. The van der Waals surface area contributed by atoms with Crippen molar-refractivity contribution in [2.24, 2.45) is 0 Å². The van der Waals surface area contributed by atoms with Gasteiger partial charge in [0.2, 0.25) is 22.4 Å². The van der Waals surface area contributed by atoms with Crippen molar-refractivity contribution < 1.29 is 22.0 Å². The molecule has 6 rings (SSSR count). The number of sulfonamides is 1. The number of rotatable bonds is 8. The molecule has 4 aromatic rings. The first kappa shape index (κ1) is 24.7. The SMILES string of the molecule is O=C(c1ncc(-c2cnc3[nH]cc(CC(F)F)c3n2)s1)N1CCCC1c1ccnc(NS(=O)(=O)C2CC2)n1. The van der Waals surface area contributed by atoms with E-state index in [2.05, 4.69) is 34.6 Å². The highest BCUT2D eigenvalue weighted by atomic mass is 32.2. The average molecular weight is 561 g/mol. The number of aromatic nitrogens is 6. The Morgan fingerprint density at radius 2 is 2.03 bits per heavy atom. The molecule has 15 heteroatoms. The van der Waals surface area contributed by atoms with E-state index in [9.17, 15) is 22.0 Å². The number of hydrogen-bond acceptors (Lipinski definition) is 9. The number of carbonyl (C=O) groups is 1. The third-order valence-corrected chi connectivity index (χ3v) is 9.33. The van der Waals surface area contributed by atoms with Crippen molar-refractivity contribution in [3.8, 4) is 10.6 Å². The minimum atomic E-state index is -3.51. The van der Waals surface area contributed by atoms with Crippen LogP contribution in [0.1, 0.15) is 52.8 Å². The van der Waals surface area contributed by atoms with E-state index in [-0.39, 0.29) is 22.9 Å². The standard InChI is InChI=1S/C23H22F2N8O3S2/c24-18(25)8-12-9-27-20-19(12)30-15(10-28-20)17-11-29-21(37-17)22(34)33-7-1-2-16(33)14-5-6-26-23(31-14)32-38(35,36)13-3-4-13/h5-6,9-11,13,16,18H,1-4,7-8H2,(H,27,28)(H,26,31,32). The van der Waals surface area contributed by atoms with Crippen molar-refractivity contribution in [2.45, 2.75) is 49.8 Å². The molecule has 0 aromatic carbocycles. The maximum Gasteiger partial charge on any atom is 0.283 e. The molecule has 2 N–H and O–H groups in total. The number of anilines is 1. The lowest BCUT2D eigenvalue weighted by Crippen LogP contribution is -2.31. The first-order valence-electron chi connectivity index (χ1n) is 12.0. The van der Waals surface area contributed by atoms with Crippen LogP contribution in [0.3, 0.4) is 0 Å². The number of thiazole rings is 1. The highest BCUT2D eigenvalue weighted by molar-refractivity contribution is 7.93. The van der Waals surface area contributed by atoms with Gasteiger partial charge >= 0.3 is 0 Å². The molecule has 1 aliphatic carbocycles. The zero-order valence-corrected chi connectivity index (χ0v) is 21.5. The molecular formula is C23H22F2N8O3S2. The van der Waals surface area contributed by atoms with E-state index < -0.39 is 28.1 Å². The first-order valence-corrected chi connectivity index (χ1v) is 14.4. The van der Waals surface area contributed by atoms with Crippen LogP contribution in [0.4, 0.5) is 14.7 Å². The molecule has 1 aliphatic heterocycles. The molecule has 0 radical (unpaired) electrons. The number of fused-ring (bicyclic) bond motifs is 1. The fourth-order valence-electron chi connectivity index (χ4n) is 4.51.